The normalized spacial score (nSPS) is 29.0. The standard InChI is InChI=1S/C14H20BrNO/c1-9-3-10(2)5-13(4-9)17-14-7-11(15)6-12(16)8-14/h6-10,13H,3-5,16H2,1-2H3. The average molecular weight is 298 g/mol. The van der Waals surface area contributed by atoms with Gasteiger partial charge < -0.3 is 10.5 Å². The first kappa shape index (κ1) is 12.7. The minimum Gasteiger partial charge on any atom is -0.490 e. The highest BCUT2D eigenvalue weighted by Gasteiger charge is 2.25. The Balaban J connectivity index is 2.04. The summed E-state index contributed by atoms with van der Waals surface area (Å²) < 4.78 is 7.02. The minimum absolute atomic E-state index is 0.336. The second-order valence-electron chi connectivity index (χ2n) is 5.38. The van der Waals surface area contributed by atoms with Crippen LogP contribution in [0.1, 0.15) is 33.1 Å². The number of nitrogen functional groups attached to an aromatic ring is 1. The number of hydrogen-bond acceptors (Lipinski definition) is 2. The van der Waals surface area contributed by atoms with Crippen molar-refractivity contribution in [2.45, 2.75) is 39.2 Å². The molecular formula is C14H20BrNO. The summed E-state index contributed by atoms with van der Waals surface area (Å²) in [5.41, 5.74) is 6.55. The van der Waals surface area contributed by atoms with Gasteiger partial charge in [0.15, 0.2) is 0 Å². The minimum atomic E-state index is 0.336. The van der Waals surface area contributed by atoms with Crippen LogP contribution in [0, 0.1) is 11.8 Å². The van der Waals surface area contributed by atoms with Gasteiger partial charge in [-0.05, 0) is 43.2 Å². The summed E-state index contributed by atoms with van der Waals surface area (Å²) in [7, 11) is 0. The van der Waals surface area contributed by atoms with Crippen LogP contribution in [0.4, 0.5) is 5.69 Å². The van der Waals surface area contributed by atoms with E-state index < -0.39 is 0 Å². The zero-order chi connectivity index (χ0) is 12.4. The van der Waals surface area contributed by atoms with E-state index >= 15 is 0 Å². The molecule has 1 aromatic carbocycles. The lowest BCUT2D eigenvalue weighted by molar-refractivity contribution is 0.101. The zero-order valence-electron chi connectivity index (χ0n) is 10.4. The van der Waals surface area contributed by atoms with Crippen LogP contribution >= 0.6 is 15.9 Å². The highest BCUT2D eigenvalue weighted by molar-refractivity contribution is 9.10. The number of rotatable bonds is 2. The fraction of sp³-hybridized carbons (Fsp3) is 0.571. The maximum atomic E-state index is 6.05. The van der Waals surface area contributed by atoms with Crippen LogP contribution in [0.2, 0.25) is 0 Å². The van der Waals surface area contributed by atoms with Gasteiger partial charge in [0, 0.05) is 16.2 Å². The molecule has 0 heterocycles. The average Bonchev–Trinajstić information content (AvgIpc) is 2.13. The lowest BCUT2D eigenvalue weighted by Crippen LogP contribution is -2.28. The van der Waals surface area contributed by atoms with Gasteiger partial charge in [-0.3, -0.25) is 0 Å². The Hall–Kier alpha value is -0.700. The van der Waals surface area contributed by atoms with E-state index in [9.17, 15) is 0 Å². The van der Waals surface area contributed by atoms with E-state index in [0.717, 1.165) is 40.6 Å². The van der Waals surface area contributed by atoms with E-state index in [-0.39, 0.29) is 0 Å². The van der Waals surface area contributed by atoms with Crippen molar-refractivity contribution < 1.29 is 4.74 Å². The molecule has 17 heavy (non-hydrogen) atoms. The highest BCUT2D eigenvalue weighted by atomic mass is 79.9. The molecule has 0 aliphatic heterocycles. The van der Waals surface area contributed by atoms with Crippen LogP contribution in [0.15, 0.2) is 22.7 Å². The SMILES string of the molecule is CC1CC(C)CC(Oc2cc(N)cc(Br)c2)C1. The Morgan fingerprint density at radius 3 is 2.35 bits per heavy atom. The number of benzene rings is 1. The first-order chi connectivity index (χ1) is 8.02. The monoisotopic (exact) mass is 297 g/mol. The van der Waals surface area contributed by atoms with Crippen LogP contribution in [-0.4, -0.2) is 6.10 Å². The zero-order valence-corrected chi connectivity index (χ0v) is 12.0. The smallest absolute Gasteiger partial charge is 0.122 e. The maximum absolute atomic E-state index is 6.05. The predicted octanol–water partition coefficient (Wildman–Crippen LogP) is 4.23. The van der Waals surface area contributed by atoms with Gasteiger partial charge in [0.2, 0.25) is 0 Å². The van der Waals surface area contributed by atoms with Crippen LogP contribution in [0.25, 0.3) is 0 Å². The third kappa shape index (κ3) is 3.63. The molecule has 0 spiro atoms. The topological polar surface area (TPSA) is 35.2 Å². The van der Waals surface area contributed by atoms with E-state index in [1.54, 1.807) is 0 Å². The second-order valence-corrected chi connectivity index (χ2v) is 6.29. The van der Waals surface area contributed by atoms with Crippen molar-refractivity contribution >= 4 is 21.6 Å². The van der Waals surface area contributed by atoms with Crippen molar-refractivity contribution in [1.29, 1.82) is 0 Å². The fourth-order valence-corrected chi connectivity index (χ4v) is 3.30. The highest BCUT2D eigenvalue weighted by Crippen LogP contribution is 2.32. The Bertz CT molecular complexity index is 364. The van der Waals surface area contributed by atoms with Gasteiger partial charge in [0.25, 0.3) is 0 Å². The molecule has 1 aliphatic rings. The maximum Gasteiger partial charge on any atom is 0.122 e. The van der Waals surface area contributed by atoms with E-state index in [2.05, 4.69) is 29.8 Å². The van der Waals surface area contributed by atoms with E-state index in [0.29, 0.717) is 6.10 Å². The summed E-state index contributed by atoms with van der Waals surface area (Å²) in [5.74, 6) is 2.39. The third-order valence-corrected chi connectivity index (χ3v) is 3.79. The lowest BCUT2D eigenvalue weighted by atomic mass is 9.82. The lowest BCUT2D eigenvalue weighted by Gasteiger charge is -2.31. The Morgan fingerprint density at radius 1 is 1.12 bits per heavy atom. The summed E-state index contributed by atoms with van der Waals surface area (Å²) in [4.78, 5) is 0. The van der Waals surface area contributed by atoms with Gasteiger partial charge in [-0.1, -0.05) is 29.8 Å². The summed E-state index contributed by atoms with van der Waals surface area (Å²) in [6, 6.07) is 5.77. The summed E-state index contributed by atoms with van der Waals surface area (Å²) >= 11 is 3.44. The van der Waals surface area contributed by atoms with E-state index in [1.807, 2.05) is 18.2 Å². The molecule has 2 rings (SSSR count). The molecule has 0 amide bonds. The molecule has 0 bridgehead atoms. The van der Waals surface area contributed by atoms with Gasteiger partial charge in [-0.15, -0.1) is 0 Å². The number of anilines is 1. The Kier molecular flexibility index (Phi) is 3.97. The molecule has 94 valence electrons. The van der Waals surface area contributed by atoms with Gasteiger partial charge in [-0.2, -0.15) is 0 Å². The number of nitrogens with two attached hydrogens (primary N) is 1. The second kappa shape index (κ2) is 5.30. The van der Waals surface area contributed by atoms with Gasteiger partial charge in [0.1, 0.15) is 5.75 Å². The molecule has 2 atom stereocenters. The molecule has 1 aromatic rings. The molecule has 1 aliphatic carbocycles. The number of halogens is 1. The molecular weight excluding hydrogens is 278 g/mol. The van der Waals surface area contributed by atoms with Crippen LogP contribution in [0.3, 0.4) is 0 Å². The molecule has 0 radical (unpaired) electrons. The van der Waals surface area contributed by atoms with E-state index in [1.165, 1.54) is 6.42 Å². The van der Waals surface area contributed by atoms with Crippen molar-refractivity contribution in [3.05, 3.63) is 22.7 Å². The van der Waals surface area contributed by atoms with Crippen LogP contribution in [-0.2, 0) is 0 Å². The molecule has 2 N–H and O–H groups in total. The first-order valence-electron chi connectivity index (χ1n) is 6.25. The predicted molar refractivity (Wildman–Crippen MR) is 75.1 cm³/mol. The number of ether oxygens (including phenoxy) is 1. The molecule has 1 saturated carbocycles. The van der Waals surface area contributed by atoms with Crippen molar-refractivity contribution in [1.82, 2.24) is 0 Å². The van der Waals surface area contributed by atoms with Gasteiger partial charge in [-0.25, -0.2) is 0 Å². The molecule has 0 saturated heterocycles. The molecule has 3 heteroatoms. The summed E-state index contributed by atoms with van der Waals surface area (Å²) in [6.07, 6.45) is 3.95. The summed E-state index contributed by atoms with van der Waals surface area (Å²) in [5, 5.41) is 0. The van der Waals surface area contributed by atoms with Gasteiger partial charge in [0.05, 0.1) is 6.10 Å². The molecule has 0 aromatic heterocycles. The van der Waals surface area contributed by atoms with Crippen molar-refractivity contribution in [2.24, 2.45) is 11.8 Å². The molecule has 1 fully saturated rings. The Labute approximate surface area is 112 Å². The third-order valence-electron chi connectivity index (χ3n) is 3.33. The molecule has 2 unspecified atom stereocenters. The molecule has 2 nitrogen and oxygen atoms in total. The summed E-state index contributed by atoms with van der Waals surface area (Å²) in [6.45, 7) is 4.61. The first-order valence-corrected chi connectivity index (χ1v) is 7.05. The van der Waals surface area contributed by atoms with Crippen molar-refractivity contribution in [3.63, 3.8) is 0 Å². The van der Waals surface area contributed by atoms with Gasteiger partial charge >= 0.3 is 0 Å². The van der Waals surface area contributed by atoms with E-state index in [4.69, 9.17) is 10.5 Å². The fourth-order valence-electron chi connectivity index (χ4n) is 2.81. The van der Waals surface area contributed by atoms with Crippen LogP contribution < -0.4 is 10.5 Å². The number of hydrogen-bond donors (Lipinski definition) is 1. The van der Waals surface area contributed by atoms with Crippen molar-refractivity contribution in [3.8, 4) is 5.75 Å². The van der Waals surface area contributed by atoms with Crippen LogP contribution in [0.5, 0.6) is 5.75 Å². The largest absolute Gasteiger partial charge is 0.490 e. The Morgan fingerprint density at radius 2 is 1.76 bits per heavy atom. The quantitative estimate of drug-likeness (QED) is 0.829. The van der Waals surface area contributed by atoms with Crippen molar-refractivity contribution in [2.75, 3.05) is 5.73 Å².